The van der Waals surface area contributed by atoms with Crippen molar-refractivity contribution in [1.29, 1.82) is 0 Å². The normalized spacial score (nSPS) is 11.9. The van der Waals surface area contributed by atoms with E-state index in [1.807, 2.05) is 19.4 Å². The molecule has 8 heteroatoms. The summed E-state index contributed by atoms with van der Waals surface area (Å²) in [5, 5.41) is 5.03. The zero-order chi connectivity index (χ0) is 14.6. The lowest BCUT2D eigenvalue weighted by Crippen LogP contribution is -2.24. The molecule has 2 N–H and O–H groups in total. The number of rotatable bonds is 7. The molecule has 0 radical (unpaired) electrons. The van der Waals surface area contributed by atoms with Crippen molar-refractivity contribution in [2.24, 2.45) is 7.05 Å². The molecule has 20 heavy (non-hydrogen) atoms. The average molecular weight is 314 g/mol. The first kappa shape index (κ1) is 15.2. The molecule has 0 saturated carbocycles. The van der Waals surface area contributed by atoms with Crippen molar-refractivity contribution in [3.05, 3.63) is 35.2 Å². The Hall–Kier alpha value is -1.22. The average Bonchev–Trinajstić information content (AvgIpc) is 3.03. The van der Waals surface area contributed by atoms with Crippen molar-refractivity contribution < 1.29 is 8.42 Å². The molecule has 0 saturated heterocycles. The van der Waals surface area contributed by atoms with E-state index in [-0.39, 0.29) is 6.54 Å². The van der Waals surface area contributed by atoms with Crippen LogP contribution in [-0.2, 0) is 30.2 Å². The van der Waals surface area contributed by atoms with Gasteiger partial charge in [0.05, 0.1) is 6.54 Å². The number of hydrogen-bond donors (Lipinski definition) is 2. The standard InChI is InChI=1S/C12H18N4O2S2/c1-3-13-7-10-6-12(19-9-10)20(17,18)15-8-11-14-4-5-16(11)2/h4-6,9,13,15H,3,7-8H2,1-2H3. The van der Waals surface area contributed by atoms with Crippen LogP contribution in [0.15, 0.2) is 28.0 Å². The lowest BCUT2D eigenvalue weighted by molar-refractivity contribution is 0.579. The van der Waals surface area contributed by atoms with E-state index in [0.717, 1.165) is 12.1 Å². The van der Waals surface area contributed by atoms with E-state index in [4.69, 9.17) is 0 Å². The monoisotopic (exact) mass is 314 g/mol. The number of aromatic nitrogens is 2. The van der Waals surface area contributed by atoms with Gasteiger partial charge in [0.15, 0.2) is 0 Å². The summed E-state index contributed by atoms with van der Waals surface area (Å²) in [6.07, 6.45) is 3.42. The van der Waals surface area contributed by atoms with Gasteiger partial charge in [-0.05, 0) is 23.6 Å². The molecule has 2 aromatic heterocycles. The van der Waals surface area contributed by atoms with Crippen LogP contribution in [0, 0.1) is 0 Å². The highest BCUT2D eigenvalue weighted by Gasteiger charge is 2.17. The van der Waals surface area contributed by atoms with Crippen LogP contribution in [-0.4, -0.2) is 24.5 Å². The number of sulfonamides is 1. The summed E-state index contributed by atoms with van der Waals surface area (Å²) in [7, 11) is -1.64. The third-order valence-corrected chi connectivity index (χ3v) is 5.70. The van der Waals surface area contributed by atoms with Crippen LogP contribution >= 0.6 is 11.3 Å². The minimum Gasteiger partial charge on any atom is -0.337 e. The van der Waals surface area contributed by atoms with E-state index in [2.05, 4.69) is 15.0 Å². The number of thiophene rings is 1. The summed E-state index contributed by atoms with van der Waals surface area (Å²) in [5.74, 6) is 0.679. The minimum atomic E-state index is -3.47. The summed E-state index contributed by atoms with van der Waals surface area (Å²) in [6.45, 7) is 3.74. The molecular weight excluding hydrogens is 296 g/mol. The van der Waals surface area contributed by atoms with Gasteiger partial charge in [0.1, 0.15) is 10.0 Å². The second-order valence-corrected chi connectivity index (χ2v) is 7.24. The molecule has 0 atom stereocenters. The number of imidazole rings is 1. The molecule has 0 bridgehead atoms. The van der Waals surface area contributed by atoms with Gasteiger partial charge in [0, 0.05) is 26.0 Å². The summed E-state index contributed by atoms with van der Waals surface area (Å²) in [4.78, 5) is 4.09. The first-order valence-electron chi connectivity index (χ1n) is 6.27. The van der Waals surface area contributed by atoms with E-state index in [0.29, 0.717) is 16.6 Å². The molecule has 0 unspecified atom stereocenters. The summed E-state index contributed by atoms with van der Waals surface area (Å²) in [6, 6.07) is 1.70. The zero-order valence-corrected chi connectivity index (χ0v) is 13.1. The van der Waals surface area contributed by atoms with Gasteiger partial charge >= 0.3 is 0 Å². The molecule has 2 heterocycles. The molecule has 110 valence electrons. The molecule has 2 rings (SSSR count). The van der Waals surface area contributed by atoms with E-state index >= 15 is 0 Å². The van der Waals surface area contributed by atoms with Crippen LogP contribution in [0.2, 0.25) is 0 Å². The molecule has 0 fully saturated rings. The largest absolute Gasteiger partial charge is 0.337 e. The Morgan fingerprint density at radius 2 is 2.20 bits per heavy atom. The number of nitrogens with one attached hydrogen (secondary N) is 2. The first-order chi connectivity index (χ1) is 9.53. The van der Waals surface area contributed by atoms with Gasteiger partial charge < -0.3 is 9.88 Å². The highest BCUT2D eigenvalue weighted by atomic mass is 32.2. The van der Waals surface area contributed by atoms with E-state index in [9.17, 15) is 8.42 Å². The van der Waals surface area contributed by atoms with Crippen molar-refractivity contribution in [1.82, 2.24) is 19.6 Å². The fourth-order valence-electron chi connectivity index (χ4n) is 1.65. The molecule has 0 amide bonds. The first-order valence-corrected chi connectivity index (χ1v) is 8.63. The number of hydrogen-bond acceptors (Lipinski definition) is 5. The maximum atomic E-state index is 12.2. The molecule has 0 aliphatic carbocycles. The molecule has 0 aliphatic rings. The molecule has 0 aliphatic heterocycles. The lowest BCUT2D eigenvalue weighted by atomic mass is 10.3. The Morgan fingerprint density at radius 3 is 2.85 bits per heavy atom. The Balaban J connectivity index is 2.03. The fourth-order valence-corrected chi connectivity index (χ4v) is 3.89. The highest BCUT2D eigenvalue weighted by molar-refractivity contribution is 7.91. The summed E-state index contributed by atoms with van der Waals surface area (Å²) >= 11 is 1.23. The topological polar surface area (TPSA) is 76.0 Å². The fraction of sp³-hybridized carbons (Fsp3) is 0.417. The SMILES string of the molecule is CCNCc1csc(S(=O)(=O)NCc2nccn2C)c1. The van der Waals surface area contributed by atoms with E-state index in [1.165, 1.54) is 11.3 Å². The molecular formula is C12H18N4O2S2. The second-order valence-electron chi connectivity index (χ2n) is 4.33. The van der Waals surface area contributed by atoms with Gasteiger partial charge in [0.25, 0.3) is 0 Å². The van der Waals surface area contributed by atoms with Gasteiger partial charge in [-0.15, -0.1) is 11.3 Å². The molecule has 6 nitrogen and oxygen atoms in total. The summed E-state index contributed by atoms with van der Waals surface area (Å²) < 4.78 is 29.0. The van der Waals surface area contributed by atoms with Crippen LogP contribution in [0.3, 0.4) is 0 Å². The Morgan fingerprint density at radius 1 is 1.40 bits per heavy atom. The van der Waals surface area contributed by atoms with Crippen LogP contribution in [0.5, 0.6) is 0 Å². The molecule has 0 aromatic carbocycles. The predicted molar refractivity (Wildman–Crippen MR) is 78.9 cm³/mol. The van der Waals surface area contributed by atoms with Gasteiger partial charge in [0.2, 0.25) is 10.0 Å². The zero-order valence-electron chi connectivity index (χ0n) is 11.5. The van der Waals surface area contributed by atoms with Crippen molar-refractivity contribution in [3.8, 4) is 0 Å². The smallest absolute Gasteiger partial charge is 0.250 e. The minimum absolute atomic E-state index is 0.187. The Kier molecular flexibility index (Phi) is 4.92. The quantitative estimate of drug-likeness (QED) is 0.801. The summed E-state index contributed by atoms with van der Waals surface area (Å²) in [5.41, 5.74) is 0.981. The third-order valence-electron chi connectivity index (χ3n) is 2.81. The van der Waals surface area contributed by atoms with Gasteiger partial charge in [-0.1, -0.05) is 6.92 Å². The van der Waals surface area contributed by atoms with Gasteiger partial charge in [-0.2, -0.15) is 0 Å². The van der Waals surface area contributed by atoms with Crippen LogP contribution < -0.4 is 10.0 Å². The van der Waals surface area contributed by atoms with Crippen molar-refractivity contribution in [2.75, 3.05) is 6.54 Å². The number of aryl methyl sites for hydroxylation is 1. The van der Waals surface area contributed by atoms with Crippen molar-refractivity contribution in [3.63, 3.8) is 0 Å². The maximum absolute atomic E-state index is 12.2. The number of nitrogens with zero attached hydrogens (tertiary/aromatic N) is 2. The van der Waals surface area contributed by atoms with Gasteiger partial charge in [-0.3, -0.25) is 0 Å². The van der Waals surface area contributed by atoms with Crippen molar-refractivity contribution in [2.45, 2.75) is 24.2 Å². The highest BCUT2D eigenvalue weighted by Crippen LogP contribution is 2.20. The van der Waals surface area contributed by atoms with Crippen LogP contribution in [0.4, 0.5) is 0 Å². The maximum Gasteiger partial charge on any atom is 0.250 e. The second kappa shape index (κ2) is 6.49. The Labute approximate surface area is 122 Å². The van der Waals surface area contributed by atoms with Crippen LogP contribution in [0.25, 0.3) is 0 Å². The molecule has 2 aromatic rings. The van der Waals surface area contributed by atoms with Crippen LogP contribution in [0.1, 0.15) is 18.3 Å². The van der Waals surface area contributed by atoms with Crippen molar-refractivity contribution >= 4 is 21.4 Å². The predicted octanol–water partition coefficient (Wildman–Crippen LogP) is 1.07. The Bertz CT molecular complexity index is 661. The molecule has 0 spiro atoms. The van der Waals surface area contributed by atoms with E-state index in [1.54, 1.807) is 23.0 Å². The van der Waals surface area contributed by atoms with Gasteiger partial charge in [-0.25, -0.2) is 18.1 Å². The van der Waals surface area contributed by atoms with E-state index < -0.39 is 10.0 Å². The third kappa shape index (κ3) is 3.66. The lowest BCUT2D eigenvalue weighted by Gasteiger charge is -2.04.